The van der Waals surface area contributed by atoms with Crippen LogP contribution in [-0.2, 0) is 0 Å². The minimum Gasteiger partial charge on any atom is -0.496 e. The Morgan fingerprint density at radius 1 is 1.07 bits per heavy atom. The first-order valence-corrected chi connectivity index (χ1v) is 9.04. The van der Waals surface area contributed by atoms with Gasteiger partial charge in [-0.25, -0.2) is 9.37 Å². The van der Waals surface area contributed by atoms with Crippen LogP contribution in [0.3, 0.4) is 0 Å². The summed E-state index contributed by atoms with van der Waals surface area (Å²) in [5, 5.41) is 14.5. The maximum Gasteiger partial charge on any atom is 0.134 e. The number of fused-ring (bicyclic) bond motifs is 1. The first-order chi connectivity index (χ1) is 13.4. The first kappa shape index (κ1) is 19.9. The molecule has 148 valence electrons. The molecule has 0 amide bonds. The zero-order valence-electron chi connectivity index (χ0n) is 16.5. The van der Waals surface area contributed by atoms with Gasteiger partial charge in [0, 0.05) is 46.7 Å². The zero-order chi connectivity index (χ0) is 20.3. The number of aliphatic hydroxyl groups is 1. The zero-order valence-corrected chi connectivity index (χ0v) is 16.5. The van der Waals surface area contributed by atoms with Crippen LogP contribution in [0.25, 0.3) is 21.9 Å². The second kappa shape index (κ2) is 8.02. The number of ether oxygens (including phenoxy) is 2. The van der Waals surface area contributed by atoms with Crippen LogP contribution in [0.4, 0.5) is 10.2 Å². The molecule has 0 unspecified atom stereocenters. The van der Waals surface area contributed by atoms with Crippen molar-refractivity contribution in [2.45, 2.75) is 13.8 Å². The van der Waals surface area contributed by atoms with Crippen LogP contribution in [0.5, 0.6) is 11.5 Å². The van der Waals surface area contributed by atoms with Crippen LogP contribution < -0.4 is 14.8 Å². The number of hydrogen-bond donors (Lipinski definition) is 2. The lowest BCUT2D eigenvalue weighted by Crippen LogP contribution is -2.27. The predicted molar refractivity (Wildman–Crippen MR) is 110 cm³/mol. The molecule has 1 aromatic heterocycles. The quantitative estimate of drug-likeness (QED) is 0.628. The molecule has 0 aliphatic carbocycles. The number of anilines is 1. The van der Waals surface area contributed by atoms with E-state index >= 15 is 0 Å². The van der Waals surface area contributed by atoms with Gasteiger partial charge in [0.2, 0.25) is 0 Å². The maximum atomic E-state index is 14.0. The molecule has 0 aliphatic rings. The van der Waals surface area contributed by atoms with E-state index in [2.05, 4.69) is 10.3 Å². The third-order valence-corrected chi connectivity index (χ3v) is 4.71. The molecule has 3 aromatic rings. The molecule has 0 bridgehead atoms. The summed E-state index contributed by atoms with van der Waals surface area (Å²) in [5.41, 5.74) is 1.03. The van der Waals surface area contributed by atoms with Crippen LogP contribution in [0, 0.1) is 11.2 Å². The van der Waals surface area contributed by atoms with E-state index in [-0.39, 0.29) is 17.8 Å². The monoisotopic (exact) mass is 384 g/mol. The van der Waals surface area contributed by atoms with E-state index in [4.69, 9.17) is 9.47 Å². The fourth-order valence-electron chi connectivity index (χ4n) is 3.05. The molecule has 2 N–H and O–H groups in total. The van der Waals surface area contributed by atoms with Gasteiger partial charge in [0.15, 0.2) is 0 Å². The summed E-state index contributed by atoms with van der Waals surface area (Å²) >= 11 is 0. The van der Waals surface area contributed by atoms with Gasteiger partial charge in [-0.15, -0.1) is 0 Å². The van der Waals surface area contributed by atoms with E-state index in [0.29, 0.717) is 29.4 Å². The van der Waals surface area contributed by atoms with E-state index in [0.717, 1.165) is 16.3 Å². The van der Waals surface area contributed by atoms with Gasteiger partial charge in [-0.2, -0.15) is 0 Å². The number of halogens is 1. The average molecular weight is 384 g/mol. The number of nitrogens with zero attached hydrogens (tertiary/aromatic N) is 1. The first-order valence-electron chi connectivity index (χ1n) is 9.04. The highest BCUT2D eigenvalue weighted by Crippen LogP contribution is 2.41. The van der Waals surface area contributed by atoms with Gasteiger partial charge in [-0.05, 0) is 24.3 Å². The van der Waals surface area contributed by atoms with Crippen LogP contribution in [0.2, 0.25) is 0 Å². The van der Waals surface area contributed by atoms with Crippen molar-refractivity contribution < 1.29 is 19.0 Å². The average Bonchev–Trinajstić information content (AvgIpc) is 2.71. The van der Waals surface area contributed by atoms with Gasteiger partial charge >= 0.3 is 0 Å². The van der Waals surface area contributed by atoms with Crippen molar-refractivity contribution >= 4 is 16.6 Å². The summed E-state index contributed by atoms with van der Waals surface area (Å²) in [6.45, 7) is 4.54. The Morgan fingerprint density at radius 2 is 1.82 bits per heavy atom. The van der Waals surface area contributed by atoms with Crippen LogP contribution in [0.1, 0.15) is 13.8 Å². The standard InChI is InChI=1S/C22H25FN2O3/c1-22(2,13-26)12-25-21-15-6-5-7-19(28-4)20(15)17(11-24-21)16-10-14(23)8-9-18(16)27-3/h5-11,26H,12-13H2,1-4H3,(H,24,25). The molecule has 0 fully saturated rings. The lowest BCUT2D eigenvalue weighted by atomic mass is 9.94. The molecule has 0 radical (unpaired) electrons. The minimum absolute atomic E-state index is 0.0554. The highest BCUT2D eigenvalue weighted by molar-refractivity contribution is 6.06. The summed E-state index contributed by atoms with van der Waals surface area (Å²) in [7, 11) is 3.15. The van der Waals surface area contributed by atoms with Crippen molar-refractivity contribution in [2.75, 3.05) is 32.7 Å². The van der Waals surface area contributed by atoms with Gasteiger partial charge in [0.05, 0.1) is 14.2 Å². The molecule has 5 nitrogen and oxygen atoms in total. The predicted octanol–water partition coefficient (Wildman–Crippen LogP) is 4.49. The van der Waals surface area contributed by atoms with Crippen molar-refractivity contribution in [3.05, 3.63) is 48.4 Å². The van der Waals surface area contributed by atoms with Crippen molar-refractivity contribution in [1.29, 1.82) is 0 Å². The molecule has 6 heteroatoms. The Balaban J connectivity index is 2.21. The summed E-state index contributed by atoms with van der Waals surface area (Å²) in [5.74, 6) is 1.53. The second-order valence-corrected chi connectivity index (χ2v) is 7.42. The molecule has 0 spiro atoms. The van der Waals surface area contributed by atoms with Crippen LogP contribution >= 0.6 is 0 Å². The minimum atomic E-state index is -0.356. The van der Waals surface area contributed by atoms with Crippen molar-refractivity contribution in [3.8, 4) is 22.6 Å². The second-order valence-electron chi connectivity index (χ2n) is 7.42. The lowest BCUT2D eigenvalue weighted by Gasteiger charge is -2.23. The molecule has 0 saturated carbocycles. The fraction of sp³-hybridized carbons (Fsp3) is 0.318. The molecule has 0 atom stereocenters. The molecule has 28 heavy (non-hydrogen) atoms. The Hall–Kier alpha value is -2.86. The van der Waals surface area contributed by atoms with E-state index in [1.807, 2.05) is 32.0 Å². The molecular weight excluding hydrogens is 359 g/mol. The molecule has 0 saturated heterocycles. The van der Waals surface area contributed by atoms with Gasteiger partial charge < -0.3 is 19.9 Å². The molecule has 3 rings (SSSR count). The number of benzene rings is 2. The number of aliphatic hydroxyl groups excluding tert-OH is 1. The van der Waals surface area contributed by atoms with E-state index in [1.165, 1.54) is 12.1 Å². The largest absolute Gasteiger partial charge is 0.496 e. The third-order valence-electron chi connectivity index (χ3n) is 4.71. The van der Waals surface area contributed by atoms with Gasteiger partial charge in [0.25, 0.3) is 0 Å². The van der Waals surface area contributed by atoms with E-state index in [9.17, 15) is 9.50 Å². The van der Waals surface area contributed by atoms with Crippen molar-refractivity contribution in [2.24, 2.45) is 5.41 Å². The Labute approximate surface area is 164 Å². The molecule has 0 aliphatic heterocycles. The topological polar surface area (TPSA) is 63.6 Å². The third kappa shape index (κ3) is 3.87. The molecular formula is C22H25FN2O3. The SMILES string of the molecule is COc1ccc(F)cc1-c1cnc(NCC(C)(C)CO)c2cccc(OC)c12. The van der Waals surface area contributed by atoms with E-state index < -0.39 is 0 Å². The Morgan fingerprint density at radius 3 is 2.50 bits per heavy atom. The highest BCUT2D eigenvalue weighted by atomic mass is 19.1. The maximum absolute atomic E-state index is 14.0. The number of nitrogens with one attached hydrogen (secondary N) is 1. The summed E-state index contributed by atoms with van der Waals surface area (Å²) in [6.07, 6.45) is 1.69. The van der Waals surface area contributed by atoms with Gasteiger partial charge in [0.1, 0.15) is 23.1 Å². The molecule has 1 heterocycles. The van der Waals surface area contributed by atoms with Gasteiger partial charge in [-0.3, -0.25) is 0 Å². The Bertz CT molecular complexity index is 989. The van der Waals surface area contributed by atoms with Crippen LogP contribution in [0.15, 0.2) is 42.6 Å². The summed E-state index contributed by atoms with van der Waals surface area (Å²) < 4.78 is 25.0. The smallest absolute Gasteiger partial charge is 0.134 e. The number of aromatic nitrogens is 1. The highest BCUT2D eigenvalue weighted by Gasteiger charge is 2.20. The van der Waals surface area contributed by atoms with Gasteiger partial charge in [-0.1, -0.05) is 26.0 Å². The molecule has 2 aromatic carbocycles. The lowest BCUT2D eigenvalue weighted by molar-refractivity contribution is 0.171. The van der Waals surface area contributed by atoms with Crippen LogP contribution in [-0.4, -0.2) is 37.5 Å². The number of methoxy groups -OCH3 is 2. The van der Waals surface area contributed by atoms with Crippen molar-refractivity contribution in [1.82, 2.24) is 4.98 Å². The fourth-order valence-corrected chi connectivity index (χ4v) is 3.05. The number of pyridine rings is 1. The van der Waals surface area contributed by atoms with Crippen molar-refractivity contribution in [3.63, 3.8) is 0 Å². The summed E-state index contributed by atoms with van der Waals surface area (Å²) in [6, 6.07) is 10.1. The van der Waals surface area contributed by atoms with E-state index in [1.54, 1.807) is 26.5 Å². The Kier molecular flexibility index (Phi) is 5.70. The normalized spacial score (nSPS) is 11.5. The number of rotatable bonds is 7. The number of hydrogen-bond acceptors (Lipinski definition) is 5. The summed E-state index contributed by atoms with van der Waals surface area (Å²) in [4.78, 5) is 4.57.